The zero-order valence-electron chi connectivity index (χ0n) is 38.3. The summed E-state index contributed by atoms with van der Waals surface area (Å²) in [6, 6.07) is 16.6. The van der Waals surface area contributed by atoms with Crippen molar-refractivity contribution in [2.75, 3.05) is 43.0 Å². The van der Waals surface area contributed by atoms with E-state index in [4.69, 9.17) is 9.47 Å². The average Bonchev–Trinajstić information content (AvgIpc) is 3.66. The van der Waals surface area contributed by atoms with Crippen molar-refractivity contribution in [3.63, 3.8) is 0 Å². The number of rotatable bonds is 13. The van der Waals surface area contributed by atoms with E-state index in [9.17, 15) is 32.8 Å². The highest BCUT2D eigenvalue weighted by Gasteiger charge is 2.50. The Kier molecular flexibility index (Phi) is 12.8. The number of hydrogen-bond acceptors (Lipinski definition) is 13. The van der Waals surface area contributed by atoms with Gasteiger partial charge in [-0.15, -0.1) is 0 Å². The summed E-state index contributed by atoms with van der Waals surface area (Å²) in [6.45, 7) is 11.9. The maximum absolute atomic E-state index is 14.6. The Balaban J connectivity index is 0.910. The molecule has 3 aromatic heterocycles. The number of aliphatic hydroxyl groups is 1. The van der Waals surface area contributed by atoms with E-state index in [0.717, 1.165) is 76.1 Å². The fourth-order valence-electron chi connectivity index (χ4n) is 10.6. The number of pyridine rings is 2. The molecule has 1 amide bonds. The van der Waals surface area contributed by atoms with Crippen LogP contribution in [0.2, 0.25) is 0 Å². The van der Waals surface area contributed by atoms with E-state index < -0.39 is 42.9 Å². The van der Waals surface area contributed by atoms with Crippen molar-refractivity contribution in [1.29, 1.82) is 0 Å². The molecule has 5 aromatic rings. The smallest absolute Gasteiger partial charge is 0.312 e. The number of piperidine rings is 1. The number of aromatic amines is 1. The third-order valence-corrected chi connectivity index (χ3v) is 15.9. The molecule has 5 heterocycles. The van der Waals surface area contributed by atoms with Crippen LogP contribution in [0.4, 0.5) is 21.6 Å². The molecule has 2 aromatic carbocycles. The maximum Gasteiger partial charge on any atom is 0.312 e. The van der Waals surface area contributed by atoms with Gasteiger partial charge in [0.2, 0.25) is 5.82 Å². The molecule has 4 fully saturated rings. The topological polar surface area (TPSA) is 205 Å². The number of fused-ring (bicyclic) bond motifs is 1. The minimum atomic E-state index is -4.69. The minimum Gasteiger partial charge on any atom is -0.455 e. The molecule has 2 atom stereocenters. The Labute approximate surface area is 389 Å². The molecule has 18 heteroatoms. The lowest BCUT2D eigenvalue weighted by Crippen LogP contribution is -2.59. The third-order valence-electron chi connectivity index (χ3n) is 14.6. The molecule has 4 aliphatic rings. The van der Waals surface area contributed by atoms with Crippen molar-refractivity contribution in [2.45, 2.75) is 114 Å². The zero-order valence-corrected chi connectivity index (χ0v) is 39.2. The predicted octanol–water partition coefficient (Wildman–Crippen LogP) is 8.60. The van der Waals surface area contributed by atoms with E-state index in [1.165, 1.54) is 35.7 Å². The summed E-state index contributed by atoms with van der Waals surface area (Å²) in [4.78, 5) is 40.8. The van der Waals surface area contributed by atoms with Crippen molar-refractivity contribution in [2.24, 2.45) is 11.3 Å². The number of hydrogen-bond donors (Lipinski definition) is 4. The van der Waals surface area contributed by atoms with E-state index >= 15 is 0 Å². The molecule has 9 rings (SSSR count). The highest BCUT2D eigenvalue weighted by Crippen LogP contribution is 2.53. The van der Waals surface area contributed by atoms with Gasteiger partial charge in [0.25, 0.3) is 15.9 Å². The van der Waals surface area contributed by atoms with E-state index in [-0.39, 0.29) is 51.7 Å². The van der Waals surface area contributed by atoms with Gasteiger partial charge >= 0.3 is 5.69 Å². The molecule has 16 nitrogen and oxygen atoms in total. The number of nitrogens with one attached hydrogen (secondary N) is 3. The summed E-state index contributed by atoms with van der Waals surface area (Å²) >= 11 is 0. The maximum atomic E-state index is 14.6. The van der Waals surface area contributed by atoms with E-state index in [1.807, 2.05) is 4.72 Å². The monoisotopic (exact) mass is 938 g/mol. The van der Waals surface area contributed by atoms with Crippen LogP contribution < -0.4 is 19.7 Å². The molecule has 0 radical (unpaired) electrons. The van der Waals surface area contributed by atoms with Gasteiger partial charge in [-0.05, 0) is 112 Å². The Bertz CT molecular complexity index is 2760. The summed E-state index contributed by atoms with van der Waals surface area (Å²) in [5.41, 5.74) is 2.54. The normalized spacial score (nSPS) is 23.6. The summed E-state index contributed by atoms with van der Waals surface area (Å²) in [5, 5.41) is 25.6. The molecule has 4 N–H and O–H groups in total. The third kappa shape index (κ3) is 9.85. The van der Waals surface area contributed by atoms with Crippen LogP contribution in [0.25, 0.3) is 11.0 Å². The fraction of sp³-hybridized carbons (Fsp3) is 0.490. The molecule has 1 spiro atoms. The molecule has 2 aliphatic heterocycles. The Hall–Kier alpha value is -5.69. The molecular weight excluding hydrogens is 880 g/mol. The van der Waals surface area contributed by atoms with Crippen LogP contribution in [0.5, 0.6) is 11.5 Å². The number of aromatic nitrogens is 3. The summed E-state index contributed by atoms with van der Waals surface area (Å²) in [5.74, 6) is -1.02. The lowest BCUT2D eigenvalue weighted by Gasteiger charge is -2.58. The van der Waals surface area contributed by atoms with E-state index in [1.54, 1.807) is 19.1 Å². The van der Waals surface area contributed by atoms with Crippen molar-refractivity contribution >= 4 is 44.2 Å². The number of ether oxygens (including phenoxy) is 2. The predicted molar refractivity (Wildman–Crippen MR) is 251 cm³/mol. The van der Waals surface area contributed by atoms with Gasteiger partial charge in [0.1, 0.15) is 27.9 Å². The van der Waals surface area contributed by atoms with Crippen molar-refractivity contribution in [1.82, 2.24) is 24.6 Å². The first kappa shape index (κ1) is 46.4. The quantitative estimate of drug-likeness (QED) is 0.0646. The first-order valence-electron chi connectivity index (χ1n) is 23.3. The van der Waals surface area contributed by atoms with Crippen LogP contribution in [-0.4, -0.2) is 94.7 Å². The number of sulfonamides is 1. The van der Waals surface area contributed by atoms with Gasteiger partial charge in [0, 0.05) is 56.2 Å². The molecular formula is C49H59FN8O8S. The standard InChI is InChI=1S/C49H59FN8O8S/c1-30(2)37-7-5-6-8-38(37)43-29-65-31(3)28-57(43)34-22-49(23-34)15-17-56(18-16-49)33-9-10-39(44(19-33)66-35-20-40-41(50)27-54-45(40)52-25-35)47(59)55-67(63,64)36-21-42(58(61)62)46(53-26-36)51-24-32-11-13-48(4,60)14-12-32/h5-10,19-21,25-27,30-32,34,43,60H,11-18,22-24,28-29H2,1-4H3,(H,51,53)(H,52,54)(H,55,59)/t31-,32?,43-,48?/m0/s1. The van der Waals surface area contributed by atoms with Crippen LogP contribution >= 0.6 is 0 Å². The SMILES string of the molecule is CC(C)c1ccccc1[C@@H]1CO[C@@H](C)CN1C1CC2(CCN(c3ccc(C(=O)NS(=O)(=O)c4cnc(NCC5CCC(C)(O)CC5)c([N+](=O)[O-])c4)c(Oc4cnc5[nH]cc(F)c5c4)c3)CC2)C1. The molecule has 2 saturated heterocycles. The number of carbonyl (C=O) groups excluding carboxylic acids is 1. The number of nitrogens with zero attached hydrogens (tertiary/aromatic N) is 5. The number of carbonyl (C=O) groups is 1. The van der Waals surface area contributed by atoms with Gasteiger partial charge in [0.05, 0.1) is 52.6 Å². The van der Waals surface area contributed by atoms with Gasteiger partial charge in [-0.25, -0.2) is 27.5 Å². The number of halogens is 1. The number of amides is 1. The number of nitro groups is 1. The lowest BCUT2D eigenvalue weighted by molar-refractivity contribution is -0.384. The molecule has 0 unspecified atom stereocenters. The van der Waals surface area contributed by atoms with Gasteiger partial charge < -0.3 is 29.8 Å². The van der Waals surface area contributed by atoms with Gasteiger partial charge in [-0.2, -0.15) is 0 Å². The summed E-state index contributed by atoms with van der Waals surface area (Å²) in [7, 11) is -4.69. The largest absolute Gasteiger partial charge is 0.455 e. The van der Waals surface area contributed by atoms with E-state index in [0.29, 0.717) is 43.6 Å². The van der Waals surface area contributed by atoms with Crippen LogP contribution in [0.3, 0.4) is 0 Å². The van der Waals surface area contributed by atoms with Crippen LogP contribution in [0.15, 0.2) is 78.1 Å². The van der Waals surface area contributed by atoms with Crippen LogP contribution in [-0.2, 0) is 14.8 Å². The van der Waals surface area contributed by atoms with Gasteiger partial charge in [-0.3, -0.25) is 19.8 Å². The fourth-order valence-corrected chi connectivity index (χ4v) is 11.5. The van der Waals surface area contributed by atoms with Crippen molar-refractivity contribution in [3.05, 3.63) is 106 Å². The Morgan fingerprint density at radius 1 is 1.07 bits per heavy atom. The number of H-pyrrole nitrogens is 1. The average molecular weight is 939 g/mol. The first-order chi connectivity index (χ1) is 32.0. The van der Waals surface area contributed by atoms with E-state index in [2.05, 4.69) is 75.1 Å². The Morgan fingerprint density at radius 2 is 1.82 bits per heavy atom. The molecule has 356 valence electrons. The molecule has 67 heavy (non-hydrogen) atoms. The summed E-state index contributed by atoms with van der Waals surface area (Å²) in [6.07, 6.45) is 10.5. The van der Waals surface area contributed by atoms with Gasteiger partial charge in [0.15, 0.2) is 0 Å². The molecule has 0 bridgehead atoms. The minimum absolute atomic E-state index is 0.00771. The second-order valence-electron chi connectivity index (χ2n) is 19.7. The highest BCUT2D eigenvalue weighted by molar-refractivity contribution is 7.90. The zero-order chi connectivity index (χ0) is 47.3. The first-order valence-corrected chi connectivity index (χ1v) is 24.8. The number of anilines is 2. The van der Waals surface area contributed by atoms with Crippen LogP contribution in [0, 0.1) is 27.3 Å². The highest BCUT2D eigenvalue weighted by atomic mass is 32.2. The second-order valence-corrected chi connectivity index (χ2v) is 21.4. The van der Waals surface area contributed by atoms with Crippen molar-refractivity contribution in [3.8, 4) is 11.5 Å². The molecule has 2 aliphatic carbocycles. The Morgan fingerprint density at radius 3 is 2.55 bits per heavy atom. The molecule has 2 saturated carbocycles. The number of benzene rings is 2. The van der Waals surface area contributed by atoms with Crippen molar-refractivity contribution < 1.29 is 37.1 Å². The second kappa shape index (κ2) is 18.4. The van der Waals surface area contributed by atoms with Crippen LogP contribution in [0.1, 0.15) is 113 Å². The van der Waals surface area contributed by atoms with Gasteiger partial charge in [-0.1, -0.05) is 38.1 Å². The lowest BCUT2D eigenvalue weighted by atomic mass is 9.59. The number of morpholine rings is 1. The summed E-state index contributed by atoms with van der Waals surface area (Å²) < 4.78 is 56.6.